The Morgan fingerprint density at radius 1 is 1.14 bits per heavy atom. The van der Waals surface area contributed by atoms with Crippen molar-refractivity contribution in [1.29, 1.82) is 0 Å². The lowest BCUT2D eigenvalue weighted by Crippen LogP contribution is -2.22. The third-order valence-corrected chi connectivity index (χ3v) is 2.64. The van der Waals surface area contributed by atoms with Gasteiger partial charge in [0.15, 0.2) is 0 Å². The molecule has 0 nitrogen and oxygen atoms in total. The van der Waals surface area contributed by atoms with Crippen LogP contribution in [0.3, 0.4) is 0 Å². The number of benzene rings is 1. The van der Waals surface area contributed by atoms with Crippen LogP contribution in [0.25, 0.3) is 0 Å². The summed E-state index contributed by atoms with van der Waals surface area (Å²) in [5.41, 5.74) is 0.122. The monoisotopic (exact) mass is 194 g/mol. The highest BCUT2D eigenvalue weighted by atomic mass is 19.3. The van der Waals surface area contributed by atoms with E-state index in [2.05, 4.69) is 0 Å². The maximum atomic E-state index is 13.8. The molecule has 0 aliphatic heterocycles. The Bertz CT molecular complexity index is 327. The summed E-state index contributed by atoms with van der Waals surface area (Å²) in [6.45, 7) is 0. The van der Waals surface area contributed by atoms with Crippen LogP contribution in [0.5, 0.6) is 0 Å². The molecule has 14 heavy (non-hydrogen) atoms. The predicted octanol–water partition coefficient (Wildman–Crippen LogP) is 3.74. The fraction of sp³-hybridized carbons (Fsp3) is 0.333. The highest BCUT2D eigenvalue weighted by molar-refractivity contribution is 5.23. The van der Waals surface area contributed by atoms with Gasteiger partial charge in [-0.1, -0.05) is 42.5 Å². The Hall–Kier alpha value is -1.18. The molecule has 0 aromatic heterocycles. The van der Waals surface area contributed by atoms with E-state index < -0.39 is 11.8 Å². The molecule has 1 aliphatic rings. The van der Waals surface area contributed by atoms with Crippen LogP contribution in [0.1, 0.15) is 18.4 Å². The van der Waals surface area contributed by atoms with E-state index in [0.717, 1.165) is 6.42 Å². The van der Waals surface area contributed by atoms with E-state index in [1.807, 2.05) is 6.08 Å². The fourth-order valence-electron chi connectivity index (χ4n) is 1.81. The minimum absolute atomic E-state index is 0.122. The molecule has 0 spiro atoms. The fourth-order valence-corrected chi connectivity index (χ4v) is 1.81. The summed E-state index contributed by atoms with van der Waals surface area (Å²) < 4.78 is 27.6. The average molecular weight is 194 g/mol. The van der Waals surface area contributed by atoms with E-state index in [-0.39, 0.29) is 5.56 Å². The molecule has 2 rings (SSSR count). The van der Waals surface area contributed by atoms with Crippen LogP contribution in [0.2, 0.25) is 0 Å². The van der Waals surface area contributed by atoms with E-state index in [4.69, 9.17) is 0 Å². The quantitative estimate of drug-likeness (QED) is 0.629. The second kappa shape index (κ2) is 3.52. The Balaban J connectivity index is 2.27. The van der Waals surface area contributed by atoms with E-state index in [0.29, 0.717) is 6.42 Å². The Morgan fingerprint density at radius 3 is 2.43 bits per heavy atom. The zero-order valence-corrected chi connectivity index (χ0v) is 7.79. The topological polar surface area (TPSA) is 0 Å². The molecule has 0 amide bonds. The second-order valence-corrected chi connectivity index (χ2v) is 3.60. The highest BCUT2D eigenvalue weighted by Gasteiger charge is 2.40. The van der Waals surface area contributed by atoms with Crippen molar-refractivity contribution in [3.05, 3.63) is 48.0 Å². The van der Waals surface area contributed by atoms with Gasteiger partial charge in [-0.2, -0.15) is 0 Å². The van der Waals surface area contributed by atoms with Crippen LogP contribution in [0, 0.1) is 5.92 Å². The van der Waals surface area contributed by atoms with E-state index in [1.165, 1.54) is 12.1 Å². The van der Waals surface area contributed by atoms with Crippen molar-refractivity contribution in [2.75, 3.05) is 0 Å². The summed E-state index contributed by atoms with van der Waals surface area (Å²) in [5, 5.41) is 0. The first-order valence-electron chi connectivity index (χ1n) is 4.81. The maximum absolute atomic E-state index is 13.8. The normalized spacial score (nSPS) is 21.4. The van der Waals surface area contributed by atoms with Gasteiger partial charge in [-0.3, -0.25) is 0 Å². The van der Waals surface area contributed by atoms with Gasteiger partial charge in [0.2, 0.25) is 0 Å². The zero-order chi connectivity index (χ0) is 10.0. The zero-order valence-electron chi connectivity index (χ0n) is 7.79. The third kappa shape index (κ3) is 1.57. The van der Waals surface area contributed by atoms with Gasteiger partial charge in [0.25, 0.3) is 5.92 Å². The van der Waals surface area contributed by atoms with E-state index in [9.17, 15) is 8.78 Å². The van der Waals surface area contributed by atoms with Gasteiger partial charge in [-0.25, -0.2) is 8.78 Å². The van der Waals surface area contributed by atoms with Crippen molar-refractivity contribution in [1.82, 2.24) is 0 Å². The molecule has 0 fully saturated rings. The maximum Gasteiger partial charge on any atom is 0.279 e. The Kier molecular flexibility index (Phi) is 2.36. The molecule has 0 bridgehead atoms. The molecule has 0 saturated carbocycles. The highest BCUT2D eigenvalue weighted by Crippen LogP contribution is 2.41. The molecule has 0 N–H and O–H groups in total. The Morgan fingerprint density at radius 2 is 1.86 bits per heavy atom. The van der Waals surface area contributed by atoms with Crippen molar-refractivity contribution in [3.63, 3.8) is 0 Å². The van der Waals surface area contributed by atoms with Crippen LogP contribution < -0.4 is 0 Å². The molecule has 1 aliphatic carbocycles. The number of halogens is 2. The predicted molar refractivity (Wildman–Crippen MR) is 52.2 cm³/mol. The van der Waals surface area contributed by atoms with Crippen molar-refractivity contribution in [2.45, 2.75) is 18.8 Å². The van der Waals surface area contributed by atoms with Crippen molar-refractivity contribution >= 4 is 0 Å². The minimum Gasteiger partial charge on any atom is -0.201 e. The van der Waals surface area contributed by atoms with Gasteiger partial charge in [0.05, 0.1) is 0 Å². The first-order valence-corrected chi connectivity index (χ1v) is 4.81. The first kappa shape index (κ1) is 9.38. The van der Waals surface area contributed by atoms with E-state index >= 15 is 0 Å². The number of hydrogen-bond acceptors (Lipinski definition) is 0. The molecule has 0 heterocycles. The second-order valence-electron chi connectivity index (χ2n) is 3.60. The standard InChI is InChI=1S/C12H12F2/c13-12(14,11-8-4-5-9-11)10-6-2-1-3-7-10/h1-4,6-8,11H,5,9H2. The number of rotatable bonds is 2. The third-order valence-electron chi connectivity index (χ3n) is 2.64. The molecule has 1 aromatic carbocycles. The van der Waals surface area contributed by atoms with E-state index in [1.54, 1.807) is 24.3 Å². The van der Waals surface area contributed by atoms with Gasteiger partial charge in [-0.05, 0) is 12.8 Å². The van der Waals surface area contributed by atoms with Crippen LogP contribution >= 0.6 is 0 Å². The molecule has 74 valence electrons. The largest absolute Gasteiger partial charge is 0.279 e. The molecule has 1 aromatic rings. The molecular formula is C12H12F2. The summed E-state index contributed by atoms with van der Waals surface area (Å²) in [5.74, 6) is -3.33. The average Bonchev–Trinajstić information content (AvgIpc) is 2.72. The van der Waals surface area contributed by atoms with Crippen molar-refractivity contribution in [3.8, 4) is 0 Å². The minimum atomic E-state index is -2.71. The summed E-state index contributed by atoms with van der Waals surface area (Å²) in [4.78, 5) is 0. The van der Waals surface area contributed by atoms with Gasteiger partial charge in [0, 0.05) is 11.5 Å². The summed E-state index contributed by atoms with van der Waals surface area (Å²) in [6.07, 6.45) is 4.80. The van der Waals surface area contributed by atoms with Gasteiger partial charge >= 0.3 is 0 Å². The molecule has 1 atom stereocenters. The number of allylic oxidation sites excluding steroid dienone is 2. The SMILES string of the molecule is FC(F)(c1ccccc1)C1C=CCC1. The summed E-state index contributed by atoms with van der Waals surface area (Å²) in [7, 11) is 0. The Labute approximate surface area is 82.3 Å². The molecule has 0 saturated heterocycles. The molecular weight excluding hydrogens is 182 g/mol. The van der Waals surface area contributed by atoms with Crippen LogP contribution in [0.15, 0.2) is 42.5 Å². The lowest BCUT2D eigenvalue weighted by Gasteiger charge is -2.22. The van der Waals surface area contributed by atoms with Crippen molar-refractivity contribution < 1.29 is 8.78 Å². The summed E-state index contributed by atoms with van der Waals surface area (Å²) in [6, 6.07) is 8.05. The van der Waals surface area contributed by atoms with Gasteiger partial charge < -0.3 is 0 Å². The molecule has 1 unspecified atom stereocenters. The van der Waals surface area contributed by atoms with Gasteiger partial charge in [-0.15, -0.1) is 0 Å². The smallest absolute Gasteiger partial charge is 0.201 e. The van der Waals surface area contributed by atoms with Crippen molar-refractivity contribution in [2.24, 2.45) is 5.92 Å². The molecule has 0 radical (unpaired) electrons. The van der Waals surface area contributed by atoms with Gasteiger partial charge in [0.1, 0.15) is 0 Å². The molecule has 2 heteroatoms. The first-order chi connectivity index (χ1) is 6.71. The number of alkyl halides is 2. The lowest BCUT2D eigenvalue weighted by atomic mass is 9.94. The van der Waals surface area contributed by atoms with Crippen LogP contribution in [-0.2, 0) is 5.92 Å². The summed E-state index contributed by atoms with van der Waals surface area (Å²) >= 11 is 0. The number of hydrogen-bond donors (Lipinski definition) is 0. The lowest BCUT2D eigenvalue weighted by molar-refractivity contribution is -0.0468. The van der Waals surface area contributed by atoms with Crippen LogP contribution in [0.4, 0.5) is 8.78 Å². The van der Waals surface area contributed by atoms with Crippen LogP contribution in [-0.4, -0.2) is 0 Å².